The molecule has 27 heavy (non-hydrogen) atoms. The van der Waals surface area contributed by atoms with Crippen molar-refractivity contribution in [3.8, 4) is 5.75 Å². The molecule has 2 rings (SSSR count). The number of rotatable bonds is 11. The summed E-state index contributed by atoms with van der Waals surface area (Å²) in [4.78, 5) is 15.2. The standard InChI is InChI=1S/C22H36N2O3/c1-5-15-27-22(4,17-18(2)3)21(25)23-19-8-10-20(11-9-19)26-16-14-24-12-6-7-13-24/h8-11,18H,5-7,12-17H2,1-4H3,(H,23,25)/t22-/m1/s1. The van der Waals surface area contributed by atoms with Gasteiger partial charge in [-0.2, -0.15) is 0 Å². The van der Waals surface area contributed by atoms with E-state index in [1.807, 2.05) is 31.2 Å². The number of carbonyl (C=O) groups is 1. The van der Waals surface area contributed by atoms with Crippen molar-refractivity contribution in [3.63, 3.8) is 0 Å². The van der Waals surface area contributed by atoms with Crippen molar-refractivity contribution < 1.29 is 14.3 Å². The highest BCUT2D eigenvalue weighted by Crippen LogP contribution is 2.24. The van der Waals surface area contributed by atoms with Crippen LogP contribution >= 0.6 is 0 Å². The van der Waals surface area contributed by atoms with E-state index in [2.05, 4.69) is 31.0 Å². The fourth-order valence-electron chi connectivity index (χ4n) is 3.52. The fourth-order valence-corrected chi connectivity index (χ4v) is 3.52. The second-order valence-electron chi connectivity index (χ2n) is 8.05. The van der Waals surface area contributed by atoms with Gasteiger partial charge < -0.3 is 14.8 Å². The maximum atomic E-state index is 12.8. The Morgan fingerprint density at radius 1 is 1.19 bits per heavy atom. The molecule has 0 radical (unpaired) electrons. The largest absolute Gasteiger partial charge is 0.492 e. The van der Waals surface area contributed by atoms with Crippen molar-refractivity contribution in [1.82, 2.24) is 4.90 Å². The Morgan fingerprint density at radius 3 is 2.44 bits per heavy atom. The Balaban J connectivity index is 1.86. The summed E-state index contributed by atoms with van der Waals surface area (Å²) >= 11 is 0. The number of likely N-dealkylation sites (tertiary alicyclic amines) is 1. The van der Waals surface area contributed by atoms with Gasteiger partial charge in [0.05, 0.1) is 0 Å². The topological polar surface area (TPSA) is 50.8 Å². The summed E-state index contributed by atoms with van der Waals surface area (Å²) in [5.74, 6) is 1.12. The molecule has 1 aliphatic rings. The predicted octanol–water partition coefficient (Wildman–Crippen LogP) is 4.33. The minimum absolute atomic E-state index is 0.0904. The number of ether oxygens (including phenoxy) is 2. The normalized spacial score (nSPS) is 17.1. The number of nitrogens with zero attached hydrogens (tertiary/aromatic N) is 1. The van der Waals surface area contributed by atoms with Gasteiger partial charge in [-0.15, -0.1) is 0 Å². The maximum Gasteiger partial charge on any atom is 0.256 e. The van der Waals surface area contributed by atoms with Crippen molar-refractivity contribution >= 4 is 11.6 Å². The molecule has 152 valence electrons. The Bertz CT molecular complexity index is 567. The second-order valence-corrected chi connectivity index (χ2v) is 8.05. The molecule has 0 spiro atoms. The molecule has 5 heteroatoms. The van der Waals surface area contributed by atoms with Gasteiger partial charge in [0.1, 0.15) is 18.0 Å². The molecule has 0 saturated carbocycles. The zero-order valence-corrected chi connectivity index (χ0v) is 17.4. The fraction of sp³-hybridized carbons (Fsp3) is 0.682. The molecule has 1 aromatic rings. The average molecular weight is 377 g/mol. The van der Waals surface area contributed by atoms with E-state index in [9.17, 15) is 4.79 Å². The quantitative estimate of drug-likeness (QED) is 0.624. The molecular weight excluding hydrogens is 340 g/mol. The van der Waals surface area contributed by atoms with E-state index in [4.69, 9.17) is 9.47 Å². The summed E-state index contributed by atoms with van der Waals surface area (Å²) in [6, 6.07) is 7.59. The number of nitrogens with one attached hydrogen (secondary N) is 1. The molecule has 0 aromatic heterocycles. The van der Waals surface area contributed by atoms with E-state index in [1.165, 1.54) is 25.9 Å². The number of carbonyl (C=O) groups excluding carboxylic acids is 1. The SMILES string of the molecule is CCCO[C@](C)(CC(C)C)C(=O)Nc1ccc(OCCN2CCCC2)cc1. The highest BCUT2D eigenvalue weighted by atomic mass is 16.5. The highest BCUT2D eigenvalue weighted by Gasteiger charge is 2.34. The predicted molar refractivity (Wildman–Crippen MR) is 110 cm³/mol. The molecular formula is C22H36N2O3. The molecule has 0 bridgehead atoms. The minimum atomic E-state index is -0.810. The van der Waals surface area contributed by atoms with Crippen molar-refractivity contribution in [2.45, 2.75) is 59.0 Å². The molecule has 1 N–H and O–H groups in total. The number of hydrogen-bond donors (Lipinski definition) is 1. The van der Waals surface area contributed by atoms with Crippen molar-refractivity contribution in [2.24, 2.45) is 5.92 Å². The third-order valence-corrected chi connectivity index (χ3v) is 4.89. The van der Waals surface area contributed by atoms with Crippen LogP contribution in [0.25, 0.3) is 0 Å². The summed E-state index contributed by atoms with van der Waals surface area (Å²) < 4.78 is 11.7. The first-order chi connectivity index (χ1) is 12.9. The van der Waals surface area contributed by atoms with Crippen molar-refractivity contribution in [3.05, 3.63) is 24.3 Å². The van der Waals surface area contributed by atoms with Gasteiger partial charge in [-0.25, -0.2) is 0 Å². The van der Waals surface area contributed by atoms with Gasteiger partial charge in [-0.1, -0.05) is 20.8 Å². The molecule has 5 nitrogen and oxygen atoms in total. The third-order valence-electron chi connectivity index (χ3n) is 4.89. The first kappa shape index (κ1) is 21.7. The molecule has 0 aliphatic carbocycles. The van der Waals surface area contributed by atoms with E-state index < -0.39 is 5.60 Å². The van der Waals surface area contributed by atoms with Crippen molar-refractivity contribution in [1.29, 1.82) is 0 Å². The van der Waals surface area contributed by atoms with Crippen LogP contribution in [0, 0.1) is 5.92 Å². The number of benzene rings is 1. The summed E-state index contributed by atoms with van der Waals surface area (Å²) in [7, 11) is 0. The van der Waals surface area contributed by atoms with Gasteiger partial charge in [0.15, 0.2) is 0 Å². The van der Waals surface area contributed by atoms with Crippen LogP contribution in [0.15, 0.2) is 24.3 Å². The van der Waals surface area contributed by atoms with E-state index in [-0.39, 0.29) is 5.91 Å². The summed E-state index contributed by atoms with van der Waals surface area (Å²) in [5, 5.41) is 3.00. The van der Waals surface area contributed by atoms with E-state index in [0.29, 0.717) is 25.6 Å². The number of amides is 1. The molecule has 1 aromatic carbocycles. The lowest BCUT2D eigenvalue weighted by atomic mass is 9.93. The van der Waals surface area contributed by atoms with Crippen LogP contribution in [0.4, 0.5) is 5.69 Å². The van der Waals surface area contributed by atoms with Gasteiger partial charge >= 0.3 is 0 Å². The van der Waals surface area contributed by atoms with Crippen LogP contribution in [0.3, 0.4) is 0 Å². The van der Waals surface area contributed by atoms with Gasteiger partial charge in [0, 0.05) is 18.8 Å². The molecule has 1 fully saturated rings. The first-order valence-corrected chi connectivity index (χ1v) is 10.3. The summed E-state index contributed by atoms with van der Waals surface area (Å²) in [6.07, 6.45) is 4.18. The Morgan fingerprint density at radius 2 is 1.85 bits per heavy atom. The molecule has 1 aliphatic heterocycles. The van der Waals surface area contributed by atoms with E-state index >= 15 is 0 Å². The molecule has 1 saturated heterocycles. The smallest absolute Gasteiger partial charge is 0.256 e. The Labute approximate surface area is 164 Å². The van der Waals surface area contributed by atoms with Crippen LogP contribution in [0.1, 0.15) is 53.4 Å². The molecule has 1 atom stereocenters. The van der Waals surface area contributed by atoms with E-state index in [1.54, 1.807) is 0 Å². The van der Waals surface area contributed by atoms with Crippen molar-refractivity contribution in [2.75, 3.05) is 38.2 Å². The zero-order valence-electron chi connectivity index (χ0n) is 17.4. The van der Waals surface area contributed by atoms with Gasteiger partial charge in [-0.05, 0) is 75.9 Å². The average Bonchev–Trinajstić information content (AvgIpc) is 3.14. The maximum absolute atomic E-state index is 12.8. The number of hydrogen-bond acceptors (Lipinski definition) is 4. The van der Waals surface area contributed by atoms with Crippen LogP contribution in [0.2, 0.25) is 0 Å². The lowest BCUT2D eigenvalue weighted by molar-refractivity contribution is -0.141. The molecule has 1 amide bonds. The van der Waals surface area contributed by atoms with Crippen LogP contribution in [-0.2, 0) is 9.53 Å². The van der Waals surface area contributed by atoms with Gasteiger partial charge in [-0.3, -0.25) is 9.69 Å². The third kappa shape index (κ3) is 7.15. The van der Waals surface area contributed by atoms with Crippen LogP contribution < -0.4 is 10.1 Å². The first-order valence-electron chi connectivity index (χ1n) is 10.3. The number of anilines is 1. The van der Waals surface area contributed by atoms with Gasteiger partial charge in [0.2, 0.25) is 0 Å². The molecule has 1 heterocycles. The van der Waals surface area contributed by atoms with E-state index in [0.717, 1.165) is 24.4 Å². The van der Waals surface area contributed by atoms with Crippen LogP contribution in [0.5, 0.6) is 5.75 Å². The monoisotopic (exact) mass is 376 g/mol. The lowest BCUT2D eigenvalue weighted by Gasteiger charge is -2.30. The summed E-state index contributed by atoms with van der Waals surface area (Å²) in [6.45, 7) is 12.8. The minimum Gasteiger partial charge on any atom is -0.492 e. The Hall–Kier alpha value is -1.59. The zero-order chi connectivity index (χ0) is 19.7. The molecule has 0 unspecified atom stereocenters. The highest BCUT2D eigenvalue weighted by molar-refractivity contribution is 5.97. The second kappa shape index (κ2) is 10.7. The van der Waals surface area contributed by atoms with Crippen LogP contribution in [-0.4, -0.2) is 49.3 Å². The lowest BCUT2D eigenvalue weighted by Crippen LogP contribution is -2.44. The van der Waals surface area contributed by atoms with Gasteiger partial charge in [0.25, 0.3) is 5.91 Å². The summed E-state index contributed by atoms with van der Waals surface area (Å²) in [5.41, 5.74) is -0.0447. The Kier molecular flexibility index (Phi) is 8.58.